The van der Waals surface area contributed by atoms with Crippen molar-refractivity contribution in [1.82, 2.24) is 0 Å². The van der Waals surface area contributed by atoms with E-state index in [2.05, 4.69) is 15.9 Å². The summed E-state index contributed by atoms with van der Waals surface area (Å²) in [6, 6.07) is 14.7. The summed E-state index contributed by atoms with van der Waals surface area (Å²) in [4.78, 5) is 22.6. The Morgan fingerprint density at radius 1 is 1.08 bits per heavy atom. The highest BCUT2D eigenvalue weighted by atomic mass is 79.9. The fourth-order valence-corrected chi connectivity index (χ4v) is 2.83. The lowest BCUT2D eigenvalue weighted by Crippen LogP contribution is -2.28. The molecule has 0 saturated carbocycles. The minimum Gasteiger partial charge on any atom is -0.489 e. The van der Waals surface area contributed by atoms with Gasteiger partial charge in [0.05, 0.1) is 0 Å². The maximum atomic E-state index is 11.3. The topological polar surface area (TPSA) is 83.8 Å². The molecule has 0 saturated heterocycles. The first-order valence-corrected chi connectivity index (χ1v) is 8.11. The van der Waals surface area contributed by atoms with Gasteiger partial charge in [-0.1, -0.05) is 53.2 Å². The van der Waals surface area contributed by atoms with Gasteiger partial charge in [0, 0.05) is 10.4 Å². The Morgan fingerprint density at radius 2 is 1.71 bits per heavy atom. The summed E-state index contributed by atoms with van der Waals surface area (Å²) in [7, 11) is 0. The molecule has 0 bridgehead atoms. The van der Waals surface area contributed by atoms with E-state index in [1.807, 2.05) is 30.3 Å². The summed E-state index contributed by atoms with van der Waals surface area (Å²) < 4.78 is 6.53. The highest BCUT2D eigenvalue weighted by Gasteiger charge is 2.34. The van der Waals surface area contributed by atoms with Crippen LogP contribution in [0.15, 0.2) is 53.0 Å². The van der Waals surface area contributed by atoms with Crippen LogP contribution in [0.1, 0.15) is 24.0 Å². The van der Waals surface area contributed by atoms with Crippen molar-refractivity contribution in [2.24, 2.45) is 5.92 Å². The van der Waals surface area contributed by atoms with Crippen LogP contribution in [-0.4, -0.2) is 22.2 Å². The molecule has 126 valence electrons. The Balaban J connectivity index is 2.29. The van der Waals surface area contributed by atoms with Gasteiger partial charge < -0.3 is 14.9 Å². The lowest BCUT2D eigenvalue weighted by atomic mass is 9.87. The highest BCUT2D eigenvalue weighted by molar-refractivity contribution is 9.10. The van der Waals surface area contributed by atoms with Crippen molar-refractivity contribution in [3.8, 4) is 5.75 Å². The maximum absolute atomic E-state index is 11.3. The number of hydrogen-bond donors (Lipinski definition) is 2. The third-order valence-electron chi connectivity index (χ3n) is 3.73. The van der Waals surface area contributed by atoms with Gasteiger partial charge in [-0.25, -0.2) is 0 Å². The molecule has 0 heterocycles. The number of hydrogen-bond acceptors (Lipinski definition) is 3. The maximum Gasteiger partial charge on any atom is 0.318 e. The Bertz CT molecular complexity index is 715. The van der Waals surface area contributed by atoms with E-state index < -0.39 is 23.8 Å². The molecule has 0 fully saturated rings. The summed E-state index contributed by atoms with van der Waals surface area (Å²) >= 11 is 3.33. The number of ether oxygens (including phenoxy) is 1. The number of carboxylic acids is 2. The highest BCUT2D eigenvalue weighted by Crippen LogP contribution is 2.35. The first-order valence-electron chi connectivity index (χ1n) is 7.32. The molecule has 1 atom stereocenters. The number of halogens is 1. The van der Waals surface area contributed by atoms with E-state index in [4.69, 9.17) is 4.74 Å². The average molecular weight is 393 g/mol. The van der Waals surface area contributed by atoms with E-state index in [0.717, 1.165) is 10.0 Å². The Hall–Kier alpha value is -2.34. The fourth-order valence-electron chi connectivity index (χ4n) is 2.45. The molecule has 0 aliphatic rings. The van der Waals surface area contributed by atoms with Crippen LogP contribution in [0.25, 0.3) is 0 Å². The normalized spacial score (nSPS) is 12.0. The number of aliphatic carboxylic acids is 2. The molecule has 0 amide bonds. The van der Waals surface area contributed by atoms with Crippen molar-refractivity contribution in [3.63, 3.8) is 0 Å². The third-order valence-corrected chi connectivity index (χ3v) is 4.22. The third kappa shape index (κ3) is 4.35. The molecular formula is C18H17BrO5. The van der Waals surface area contributed by atoms with Gasteiger partial charge in [-0.2, -0.15) is 0 Å². The standard InChI is InChI=1S/C18H17BrO5/c1-11(16(17(20)21)18(22)23)14-9-13(19)7-8-15(14)24-10-12-5-3-2-4-6-12/h2-9,11,16H,10H2,1H3,(H,20,21)(H,22,23). The largest absolute Gasteiger partial charge is 0.489 e. The van der Waals surface area contributed by atoms with E-state index in [9.17, 15) is 19.8 Å². The van der Waals surface area contributed by atoms with E-state index in [0.29, 0.717) is 17.9 Å². The van der Waals surface area contributed by atoms with Gasteiger partial charge >= 0.3 is 11.9 Å². The molecule has 1 unspecified atom stereocenters. The first kappa shape index (κ1) is 18.0. The zero-order valence-corrected chi connectivity index (χ0v) is 14.6. The van der Waals surface area contributed by atoms with Crippen LogP contribution in [0.2, 0.25) is 0 Å². The van der Waals surface area contributed by atoms with Crippen LogP contribution in [0.4, 0.5) is 0 Å². The van der Waals surface area contributed by atoms with E-state index in [1.54, 1.807) is 25.1 Å². The first-order chi connectivity index (χ1) is 11.4. The fraction of sp³-hybridized carbons (Fsp3) is 0.222. The van der Waals surface area contributed by atoms with E-state index in [-0.39, 0.29) is 0 Å². The SMILES string of the molecule is CC(c1cc(Br)ccc1OCc1ccccc1)C(C(=O)O)C(=O)O. The van der Waals surface area contributed by atoms with E-state index in [1.165, 1.54) is 0 Å². The minimum atomic E-state index is -1.54. The molecule has 24 heavy (non-hydrogen) atoms. The van der Waals surface area contributed by atoms with Crippen molar-refractivity contribution < 1.29 is 24.5 Å². The quantitative estimate of drug-likeness (QED) is 0.697. The van der Waals surface area contributed by atoms with Crippen molar-refractivity contribution in [1.29, 1.82) is 0 Å². The summed E-state index contributed by atoms with van der Waals surface area (Å²) in [5.41, 5.74) is 1.50. The van der Waals surface area contributed by atoms with Crippen LogP contribution in [0, 0.1) is 5.92 Å². The Labute approximate surface area is 148 Å². The number of carboxylic acid groups (broad SMARTS) is 2. The van der Waals surface area contributed by atoms with Gasteiger partial charge in [0.1, 0.15) is 12.4 Å². The smallest absolute Gasteiger partial charge is 0.318 e. The van der Waals surface area contributed by atoms with Gasteiger partial charge in [-0.05, 0) is 29.3 Å². The monoisotopic (exact) mass is 392 g/mol. The Kier molecular flexibility index (Phi) is 5.98. The molecule has 6 heteroatoms. The Morgan fingerprint density at radius 3 is 2.29 bits per heavy atom. The second kappa shape index (κ2) is 7.97. The summed E-state index contributed by atoms with van der Waals surface area (Å²) in [6.07, 6.45) is 0. The van der Waals surface area contributed by atoms with Gasteiger partial charge in [0.2, 0.25) is 0 Å². The van der Waals surface area contributed by atoms with Gasteiger partial charge in [0.15, 0.2) is 5.92 Å². The van der Waals surface area contributed by atoms with Crippen LogP contribution in [0.5, 0.6) is 5.75 Å². The zero-order valence-electron chi connectivity index (χ0n) is 13.0. The molecule has 0 aliphatic heterocycles. The van der Waals surface area contributed by atoms with Crippen LogP contribution < -0.4 is 4.74 Å². The van der Waals surface area contributed by atoms with Crippen molar-refractivity contribution in [2.75, 3.05) is 0 Å². The number of benzene rings is 2. The van der Waals surface area contributed by atoms with Gasteiger partial charge in [-0.15, -0.1) is 0 Å². The predicted molar refractivity (Wildman–Crippen MR) is 92.1 cm³/mol. The second-order valence-electron chi connectivity index (χ2n) is 5.40. The zero-order chi connectivity index (χ0) is 17.7. The molecule has 0 radical (unpaired) electrons. The molecule has 2 N–H and O–H groups in total. The van der Waals surface area contributed by atoms with Crippen LogP contribution in [-0.2, 0) is 16.2 Å². The molecule has 0 aliphatic carbocycles. The average Bonchev–Trinajstić information content (AvgIpc) is 2.54. The molecule has 2 rings (SSSR count). The number of rotatable bonds is 7. The van der Waals surface area contributed by atoms with Gasteiger partial charge in [0.25, 0.3) is 0 Å². The minimum absolute atomic E-state index is 0.313. The van der Waals surface area contributed by atoms with Crippen molar-refractivity contribution in [3.05, 3.63) is 64.1 Å². The van der Waals surface area contributed by atoms with Crippen molar-refractivity contribution in [2.45, 2.75) is 19.4 Å². The van der Waals surface area contributed by atoms with Crippen LogP contribution >= 0.6 is 15.9 Å². The molecule has 2 aromatic carbocycles. The lowest BCUT2D eigenvalue weighted by Gasteiger charge is -2.20. The predicted octanol–water partition coefficient (Wildman–Crippen LogP) is 3.92. The molecule has 0 aromatic heterocycles. The molecular weight excluding hydrogens is 376 g/mol. The molecule has 2 aromatic rings. The van der Waals surface area contributed by atoms with E-state index >= 15 is 0 Å². The summed E-state index contributed by atoms with van der Waals surface area (Å²) in [5, 5.41) is 18.4. The van der Waals surface area contributed by atoms with Crippen molar-refractivity contribution >= 4 is 27.9 Å². The van der Waals surface area contributed by atoms with Crippen LogP contribution in [0.3, 0.4) is 0 Å². The summed E-state index contributed by atoms with van der Waals surface area (Å²) in [6.45, 7) is 1.89. The van der Waals surface area contributed by atoms with Gasteiger partial charge in [-0.3, -0.25) is 9.59 Å². The summed E-state index contributed by atoms with van der Waals surface area (Å²) in [5.74, 6) is -4.56. The molecule has 0 spiro atoms. The number of carbonyl (C=O) groups is 2. The lowest BCUT2D eigenvalue weighted by molar-refractivity contribution is -0.155. The second-order valence-corrected chi connectivity index (χ2v) is 6.31. The molecule has 5 nitrogen and oxygen atoms in total.